The number of rotatable bonds is 1. The number of carbonyl (C=O) groups excluding carboxylic acids is 1. The predicted octanol–water partition coefficient (Wildman–Crippen LogP) is 2.26. The normalized spacial score (nSPS) is 21.5. The first-order valence-corrected chi connectivity index (χ1v) is 6.68. The van der Waals surface area contributed by atoms with Crippen LogP contribution < -0.4 is 10.2 Å². The van der Waals surface area contributed by atoms with E-state index >= 15 is 0 Å². The molecule has 0 aliphatic carbocycles. The van der Waals surface area contributed by atoms with Crippen molar-refractivity contribution in [1.82, 2.24) is 10.3 Å². The second-order valence-electron chi connectivity index (χ2n) is 5.27. The minimum Gasteiger partial charge on any atom is -0.317 e. The maximum Gasteiger partial charge on any atom is 0.227 e. The van der Waals surface area contributed by atoms with E-state index in [2.05, 4.69) is 10.3 Å². The number of pyridine rings is 1. The average Bonchev–Trinajstić information content (AvgIpc) is 2.67. The third-order valence-electron chi connectivity index (χ3n) is 3.99. The molecular formula is C13H17Cl2N3O. The molecule has 6 heteroatoms. The number of anilines is 1. The molecule has 0 atom stereocenters. The third kappa shape index (κ3) is 2.86. The number of amides is 1. The highest BCUT2D eigenvalue weighted by atomic mass is 35.5. The Morgan fingerprint density at radius 2 is 2.05 bits per heavy atom. The minimum atomic E-state index is 0. The van der Waals surface area contributed by atoms with Gasteiger partial charge in [-0.1, -0.05) is 11.6 Å². The van der Waals surface area contributed by atoms with Gasteiger partial charge >= 0.3 is 0 Å². The molecule has 1 N–H and O–H groups in total. The molecule has 3 rings (SSSR count). The maximum absolute atomic E-state index is 12.2. The Hall–Kier alpha value is -0.840. The van der Waals surface area contributed by atoms with Gasteiger partial charge in [0.2, 0.25) is 5.91 Å². The fraction of sp³-hybridized carbons (Fsp3) is 0.538. The van der Waals surface area contributed by atoms with Crippen LogP contribution in [0, 0.1) is 5.41 Å². The van der Waals surface area contributed by atoms with E-state index in [0.717, 1.165) is 38.2 Å². The zero-order chi connectivity index (χ0) is 12.6. The highest BCUT2D eigenvalue weighted by Crippen LogP contribution is 2.41. The molecule has 1 spiro atoms. The smallest absolute Gasteiger partial charge is 0.227 e. The Labute approximate surface area is 123 Å². The Bertz CT molecular complexity index is 475. The van der Waals surface area contributed by atoms with E-state index in [-0.39, 0.29) is 23.7 Å². The number of hydrogen-bond acceptors (Lipinski definition) is 3. The van der Waals surface area contributed by atoms with Crippen molar-refractivity contribution in [2.75, 3.05) is 24.5 Å². The van der Waals surface area contributed by atoms with Gasteiger partial charge in [-0.05, 0) is 37.4 Å². The Morgan fingerprint density at radius 1 is 1.32 bits per heavy atom. The highest BCUT2D eigenvalue weighted by Gasteiger charge is 2.44. The summed E-state index contributed by atoms with van der Waals surface area (Å²) in [5, 5.41) is 3.93. The van der Waals surface area contributed by atoms with Crippen LogP contribution in [0.5, 0.6) is 0 Å². The van der Waals surface area contributed by atoms with Crippen molar-refractivity contribution in [3.8, 4) is 0 Å². The molecule has 3 heterocycles. The van der Waals surface area contributed by atoms with Crippen LogP contribution in [0.15, 0.2) is 18.5 Å². The van der Waals surface area contributed by atoms with E-state index in [1.807, 2.05) is 11.0 Å². The van der Waals surface area contributed by atoms with Crippen LogP contribution in [0.3, 0.4) is 0 Å². The van der Waals surface area contributed by atoms with Gasteiger partial charge in [-0.2, -0.15) is 0 Å². The molecule has 0 radical (unpaired) electrons. The Balaban J connectivity index is 0.00000133. The largest absolute Gasteiger partial charge is 0.317 e. The molecular weight excluding hydrogens is 285 g/mol. The van der Waals surface area contributed by atoms with Gasteiger partial charge < -0.3 is 10.2 Å². The topological polar surface area (TPSA) is 45.2 Å². The van der Waals surface area contributed by atoms with Crippen LogP contribution in [-0.2, 0) is 4.79 Å². The molecule has 1 aromatic heterocycles. The number of nitrogens with one attached hydrogen (secondary N) is 1. The van der Waals surface area contributed by atoms with Crippen molar-refractivity contribution in [3.05, 3.63) is 23.5 Å². The lowest BCUT2D eigenvalue weighted by Gasteiger charge is -2.33. The quantitative estimate of drug-likeness (QED) is 0.865. The molecule has 2 saturated heterocycles. The molecule has 0 bridgehead atoms. The molecule has 4 nitrogen and oxygen atoms in total. The third-order valence-corrected chi connectivity index (χ3v) is 4.19. The molecule has 2 aliphatic rings. The summed E-state index contributed by atoms with van der Waals surface area (Å²) in [6.07, 6.45) is 6.10. The first-order valence-electron chi connectivity index (χ1n) is 6.30. The van der Waals surface area contributed by atoms with Crippen molar-refractivity contribution >= 4 is 35.6 Å². The molecule has 19 heavy (non-hydrogen) atoms. The minimum absolute atomic E-state index is 0. The van der Waals surface area contributed by atoms with Crippen molar-refractivity contribution in [2.24, 2.45) is 5.41 Å². The van der Waals surface area contributed by atoms with Crippen LogP contribution in [-0.4, -0.2) is 30.5 Å². The van der Waals surface area contributed by atoms with E-state index < -0.39 is 0 Å². The van der Waals surface area contributed by atoms with E-state index in [4.69, 9.17) is 11.6 Å². The number of aromatic nitrogens is 1. The van der Waals surface area contributed by atoms with Crippen molar-refractivity contribution < 1.29 is 4.79 Å². The second kappa shape index (κ2) is 5.65. The van der Waals surface area contributed by atoms with E-state index in [9.17, 15) is 4.79 Å². The van der Waals surface area contributed by atoms with E-state index in [1.54, 1.807) is 12.4 Å². The molecule has 0 unspecified atom stereocenters. The van der Waals surface area contributed by atoms with Crippen LogP contribution in [0.25, 0.3) is 0 Å². The zero-order valence-corrected chi connectivity index (χ0v) is 12.1. The van der Waals surface area contributed by atoms with Gasteiger partial charge in [-0.15, -0.1) is 12.4 Å². The summed E-state index contributed by atoms with van der Waals surface area (Å²) in [5.74, 6) is 0.195. The molecule has 1 aromatic rings. The molecule has 1 amide bonds. The standard InChI is InChI=1S/C13H16ClN3O.ClH/c14-10-5-11(8-16-7-10)17-9-13(6-12(17)18)1-3-15-4-2-13;/h5,7-8,15H,1-4,6,9H2;1H. The summed E-state index contributed by atoms with van der Waals surface area (Å²) in [5.41, 5.74) is 0.980. The number of carbonyl (C=O) groups is 1. The lowest BCUT2D eigenvalue weighted by molar-refractivity contribution is -0.117. The molecule has 0 aromatic carbocycles. The van der Waals surface area contributed by atoms with Crippen LogP contribution >= 0.6 is 24.0 Å². The van der Waals surface area contributed by atoms with Crippen LogP contribution in [0.4, 0.5) is 5.69 Å². The molecule has 104 valence electrons. The molecule has 0 saturated carbocycles. The number of halogens is 2. The van der Waals surface area contributed by atoms with E-state index in [0.29, 0.717) is 11.4 Å². The van der Waals surface area contributed by atoms with Crippen molar-refractivity contribution in [1.29, 1.82) is 0 Å². The average molecular weight is 302 g/mol. The summed E-state index contributed by atoms with van der Waals surface area (Å²) in [6.45, 7) is 2.82. The van der Waals surface area contributed by atoms with Gasteiger partial charge in [0.15, 0.2) is 0 Å². The summed E-state index contributed by atoms with van der Waals surface area (Å²) in [7, 11) is 0. The summed E-state index contributed by atoms with van der Waals surface area (Å²) >= 11 is 5.94. The SMILES string of the molecule is Cl.O=C1CC2(CCNCC2)CN1c1cncc(Cl)c1. The van der Waals surface area contributed by atoms with Crippen molar-refractivity contribution in [2.45, 2.75) is 19.3 Å². The highest BCUT2D eigenvalue weighted by molar-refractivity contribution is 6.30. The molecule has 2 fully saturated rings. The fourth-order valence-corrected chi connectivity index (χ4v) is 3.14. The Morgan fingerprint density at radius 3 is 2.74 bits per heavy atom. The van der Waals surface area contributed by atoms with Gasteiger partial charge in [-0.3, -0.25) is 9.78 Å². The maximum atomic E-state index is 12.2. The van der Waals surface area contributed by atoms with Gasteiger partial charge in [0.25, 0.3) is 0 Å². The van der Waals surface area contributed by atoms with Crippen molar-refractivity contribution in [3.63, 3.8) is 0 Å². The Kier molecular flexibility index (Phi) is 4.33. The fourth-order valence-electron chi connectivity index (χ4n) is 2.97. The van der Waals surface area contributed by atoms with E-state index in [1.165, 1.54) is 0 Å². The summed E-state index contributed by atoms with van der Waals surface area (Å²) < 4.78 is 0. The number of hydrogen-bond donors (Lipinski definition) is 1. The predicted molar refractivity (Wildman–Crippen MR) is 78.0 cm³/mol. The molecule has 2 aliphatic heterocycles. The monoisotopic (exact) mass is 301 g/mol. The summed E-state index contributed by atoms with van der Waals surface area (Å²) in [6, 6.07) is 1.81. The first kappa shape index (κ1) is 14.6. The van der Waals surface area contributed by atoms with Gasteiger partial charge in [0.1, 0.15) is 0 Å². The number of nitrogens with zero attached hydrogens (tertiary/aromatic N) is 2. The van der Waals surface area contributed by atoms with Crippen LogP contribution in [0.1, 0.15) is 19.3 Å². The van der Waals surface area contributed by atoms with Gasteiger partial charge in [0, 0.05) is 19.2 Å². The van der Waals surface area contributed by atoms with Crippen LogP contribution in [0.2, 0.25) is 5.02 Å². The first-order chi connectivity index (χ1) is 8.69. The lowest BCUT2D eigenvalue weighted by Crippen LogP contribution is -2.38. The second-order valence-corrected chi connectivity index (χ2v) is 5.70. The lowest BCUT2D eigenvalue weighted by atomic mass is 9.78. The zero-order valence-electron chi connectivity index (χ0n) is 10.6. The van der Waals surface area contributed by atoms with Gasteiger partial charge in [0.05, 0.1) is 16.9 Å². The summed E-state index contributed by atoms with van der Waals surface area (Å²) in [4.78, 5) is 18.1. The van der Waals surface area contributed by atoms with Gasteiger partial charge in [-0.25, -0.2) is 0 Å². The number of piperidine rings is 1.